The number of hydrogen-bond acceptors (Lipinski definition) is 2. The summed E-state index contributed by atoms with van der Waals surface area (Å²) in [5, 5.41) is 7.88. The highest BCUT2D eigenvalue weighted by atomic mass is 35.5. The van der Waals surface area contributed by atoms with E-state index in [0.29, 0.717) is 6.04 Å². The van der Waals surface area contributed by atoms with Crippen LogP contribution in [0.4, 0.5) is 5.69 Å². The second kappa shape index (κ2) is 4.27. The maximum absolute atomic E-state index is 5.94. The molecule has 0 aromatic heterocycles. The van der Waals surface area contributed by atoms with Gasteiger partial charge in [-0.2, -0.15) is 0 Å². The van der Waals surface area contributed by atoms with Crippen LogP contribution in [0.15, 0.2) is 18.2 Å². The van der Waals surface area contributed by atoms with Gasteiger partial charge in [-0.15, -0.1) is 0 Å². The molecule has 1 aromatic rings. The second-order valence-corrected chi connectivity index (χ2v) is 5.71. The maximum atomic E-state index is 5.94. The Kier molecular flexibility index (Phi) is 3.13. The van der Waals surface area contributed by atoms with Crippen molar-refractivity contribution < 1.29 is 0 Å². The first-order valence-corrected chi connectivity index (χ1v) is 6.12. The molecule has 1 saturated heterocycles. The molecule has 2 rings (SSSR count). The molecule has 1 heterocycles. The van der Waals surface area contributed by atoms with Crippen molar-refractivity contribution in [2.75, 3.05) is 11.9 Å². The summed E-state index contributed by atoms with van der Waals surface area (Å²) in [6.07, 6.45) is 1.15. The number of hydrogen-bond donors (Lipinski definition) is 2. The number of aryl methyl sites for hydroxylation is 1. The highest BCUT2D eigenvalue weighted by Gasteiger charge is 2.30. The van der Waals surface area contributed by atoms with E-state index in [1.54, 1.807) is 0 Å². The fourth-order valence-corrected chi connectivity index (χ4v) is 2.50. The van der Waals surface area contributed by atoms with Crippen molar-refractivity contribution in [3.63, 3.8) is 0 Å². The third-order valence-corrected chi connectivity index (χ3v) is 3.37. The average Bonchev–Trinajstić information content (AvgIpc) is 2.51. The third-order valence-electron chi connectivity index (χ3n) is 3.13. The van der Waals surface area contributed by atoms with E-state index in [-0.39, 0.29) is 5.54 Å². The molecule has 0 amide bonds. The SMILES string of the molecule is Cc1cc(Cl)ccc1NC1CNC(C)(C)C1. The minimum Gasteiger partial charge on any atom is -0.381 e. The van der Waals surface area contributed by atoms with Crippen molar-refractivity contribution >= 4 is 17.3 Å². The van der Waals surface area contributed by atoms with Crippen LogP contribution < -0.4 is 10.6 Å². The van der Waals surface area contributed by atoms with Gasteiger partial charge in [0.1, 0.15) is 0 Å². The van der Waals surface area contributed by atoms with Gasteiger partial charge in [0.15, 0.2) is 0 Å². The van der Waals surface area contributed by atoms with E-state index in [2.05, 4.69) is 37.5 Å². The molecule has 2 N–H and O–H groups in total. The predicted molar refractivity (Wildman–Crippen MR) is 70.3 cm³/mol. The molecule has 1 aliphatic rings. The Balaban J connectivity index is 2.05. The lowest BCUT2D eigenvalue weighted by Crippen LogP contribution is -2.31. The summed E-state index contributed by atoms with van der Waals surface area (Å²) in [5.74, 6) is 0. The van der Waals surface area contributed by atoms with E-state index in [4.69, 9.17) is 11.6 Å². The van der Waals surface area contributed by atoms with Crippen molar-refractivity contribution in [2.24, 2.45) is 0 Å². The van der Waals surface area contributed by atoms with Crippen molar-refractivity contribution in [2.45, 2.75) is 38.8 Å². The summed E-state index contributed by atoms with van der Waals surface area (Å²) in [6.45, 7) is 7.59. The van der Waals surface area contributed by atoms with Gasteiger partial charge in [0.25, 0.3) is 0 Å². The molecule has 0 radical (unpaired) electrons. The van der Waals surface area contributed by atoms with Gasteiger partial charge in [0.05, 0.1) is 0 Å². The summed E-state index contributed by atoms with van der Waals surface area (Å²) < 4.78 is 0. The monoisotopic (exact) mass is 238 g/mol. The van der Waals surface area contributed by atoms with Crippen molar-refractivity contribution in [3.05, 3.63) is 28.8 Å². The first-order chi connectivity index (χ1) is 7.46. The largest absolute Gasteiger partial charge is 0.381 e. The topological polar surface area (TPSA) is 24.1 Å². The first kappa shape index (κ1) is 11.7. The molecule has 2 nitrogen and oxygen atoms in total. The van der Waals surface area contributed by atoms with Crippen LogP contribution in [0.1, 0.15) is 25.8 Å². The Morgan fingerprint density at radius 2 is 2.19 bits per heavy atom. The van der Waals surface area contributed by atoms with Gasteiger partial charge < -0.3 is 10.6 Å². The molecule has 1 unspecified atom stereocenters. The molecule has 3 heteroatoms. The van der Waals surface area contributed by atoms with Crippen LogP contribution in [0.3, 0.4) is 0 Å². The van der Waals surface area contributed by atoms with E-state index < -0.39 is 0 Å². The minimum atomic E-state index is 0.248. The number of anilines is 1. The minimum absolute atomic E-state index is 0.248. The maximum Gasteiger partial charge on any atom is 0.0410 e. The number of benzene rings is 1. The zero-order valence-corrected chi connectivity index (χ0v) is 10.9. The highest BCUT2D eigenvalue weighted by Crippen LogP contribution is 2.24. The Labute approximate surface area is 102 Å². The summed E-state index contributed by atoms with van der Waals surface area (Å²) in [6, 6.07) is 6.50. The lowest BCUT2D eigenvalue weighted by atomic mass is 10.0. The van der Waals surface area contributed by atoms with Gasteiger partial charge in [-0.05, 0) is 51.0 Å². The summed E-state index contributed by atoms with van der Waals surface area (Å²) in [7, 11) is 0. The number of halogens is 1. The van der Waals surface area contributed by atoms with E-state index in [9.17, 15) is 0 Å². The standard InChI is InChI=1S/C13H19ClN2/c1-9-6-10(14)4-5-12(9)16-11-7-13(2,3)15-8-11/h4-6,11,15-16H,7-8H2,1-3H3. The Morgan fingerprint density at radius 1 is 1.44 bits per heavy atom. The molecule has 1 fully saturated rings. The van der Waals surface area contributed by atoms with Crippen LogP contribution in [-0.4, -0.2) is 18.1 Å². The molecule has 88 valence electrons. The molecule has 1 aliphatic heterocycles. The average molecular weight is 239 g/mol. The molecule has 0 saturated carbocycles. The van der Waals surface area contributed by atoms with Gasteiger partial charge in [0.2, 0.25) is 0 Å². The smallest absolute Gasteiger partial charge is 0.0410 e. The third kappa shape index (κ3) is 2.69. The molecular weight excluding hydrogens is 220 g/mol. The van der Waals surface area contributed by atoms with Gasteiger partial charge in [0, 0.05) is 28.8 Å². The van der Waals surface area contributed by atoms with Crippen LogP contribution in [0.5, 0.6) is 0 Å². The molecular formula is C13H19ClN2. The molecule has 1 aromatic carbocycles. The normalized spacial score (nSPS) is 23.4. The molecule has 1 atom stereocenters. The Hall–Kier alpha value is -0.730. The van der Waals surface area contributed by atoms with Crippen molar-refractivity contribution in [3.8, 4) is 0 Å². The summed E-state index contributed by atoms with van der Waals surface area (Å²) >= 11 is 5.94. The van der Waals surface area contributed by atoms with Gasteiger partial charge in [-0.3, -0.25) is 0 Å². The van der Waals surface area contributed by atoms with E-state index in [1.807, 2.05) is 12.1 Å². The molecule has 0 spiro atoms. The van der Waals surface area contributed by atoms with Crippen LogP contribution in [-0.2, 0) is 0 Å². The van der Waals surface area contributed by atoms with E-state index in [1.165, 1.54) is 11.3 Å². The summed E-state index contributed by atoms with van der Waals surface area (Å²) in [5.41, 5.74) is 2.64. The van der Waals surface area contributed by atoms with Gasteiger partial charge in [-0.1, -0.05) is 11.6 Å². The van der Waals surface area contributed by atoms with Crippen LogP contribution >= 0.6 is 11.6 Å². The summed E-state index contributed by atoms with van der Waals surface area (Å²) in [4.78, 5) is 0. The second-order valence-electron chi connectivity index (χ2n) is 5.27. The van der Waals surface area contributed by atoms with Crippen LogP contribution in [0.25, 0.3) is 0 Å². The predicted octanol–water partition coefficient (Wildman–Crippen LogP) is 3.20. The zero-order valence-electron chi connectivity index (χ0n) is 10.1. The lowest BCUT2D eigenvalue weighted by Gasteiger charge is -2.19. The Bertz CT molecular complexity index is 388. The molecule has 16 heavy (non-hydrogen) atoms. The van der Waals surface area contributed by atoms with Crippen molar-refractivity contribution in [1.29, 1.82) is 0 Å². The first-order valence-electron chi connectivity index (χ1n) is 5.74. The highest BCUT2D eigenvalue weighted by molar-refractivity contribution is 6.30. The lowest BCUT2D eigenvalue weighted by molar-refractivity contribution is 0.457. The fourth-order valence-electron chi connectivity index (χ4n) is 2.27. The number of nitrogens with one attached hydrogen (secondary N) is 2. The molecule has 0 aliphatic carbocycles. The van der Waals surface area contributed by atoms with E-state index in [0.717, 1.165) is 18.0 Å². The Morgan fingerprint density at radius 3 is 2.75 bits per heavy atom. The molecule has 0 bridgehead atoms. The fraction of sp³-hybridized carbons (Fsp3) is 0.538. The van der Waals surface area contributed by atoms with Gasteiger partial charge >= 0.3 is 0 Å². The van der Waals surface area contributed by atoms with E-state index >= 15 is 0 Å². The van der Waals surface area contributed by atoms with Gasteiger partial charge in [-0.25, -0.2) is 0 Å². The van der Waals surface area contributed by atoms with Crippen molar-refractivity contribution in [1.82, 2.24) is 5.32 Å². The quantitative estimate of drug-likeness (QED) is 0.827. The zero-order chi connectivity index (χ0) is 11.8. The van der Waals surface area contributed by atoms with Crippen LogP contribution in [0.2, 0.25) is 5.02 Å². The van der Waals surface area contributed by atoms with Crippen LogP contribution in [0, 0.1) is 6.92 Å². The number of rotatable bonds is 2.